The lowest BCUT2D eigenvalue weighted by molar-refractivity contribution is -0.136. The summed E-state index contributed by atoms with van der Waals surface area (Å²) in [5, 5.41) is 15.3. The molecule has 4 aromatic carbocycles. The predicted octanol–water partition coefficient (Wildman–Crippen LogP) is 7.84. The molecule has 3 heterocycles. The Labute approximate surface area is 470 Å². The van der Waals surface area contributed by atoms with E-state index in [1.807, 2.05) is 101 Å². The predicted molar refractivity (Wildman–Crippen MR) is 302 cm³/mol. The molecular weight excluding hydrogens is 1030 g/mol. The largest absolute Gasteiger partial charge is 0.493 e. The Morgan fingerprint density at radius 1 is 0.750 bits per heavy atom. The van der Waals surface area contributed by atoms with Crippen LogP contribution in [0.15, 0.2) is 72.8 Å². The molecule has 436 valence electrons. The van der Waals surface area contributed by atoms with Gasteiger partial charge in [0.15, 0.2) is 29.6 Å². The van der Waals surface area contributed by atoms with E-state index in [0.29, 0.717) is 52.6 Å². The van der Waals surface area contributed by atoms with Gasteiger partial charge in [-0.1, -0.05) is 32.0 Å². The zero-order valence-electron chi connectivity index (χ0n) is 48.4. The van der Waals surface area contributed by atoms with E-state index in [-0.39, 0.29) is 62.0 Å². The van der Waals surface area contributed by atoms with Gasteiger partial charge in [-0.25, -0.2) is 0 Å². The van der Waals surface area contributed by atoms with Crippen LogP contribution in [0.5, 0.6) is 34.5 Å². The number of fused-ring (bicyclic) bond motifs is 1. The van der Waals surface area contributed by atoms with Crippen molar-refractivity contribution >= 4 is 47.6 Å². The van der Waals surface area contributed by atoms with E-state index in [9.17, 15) is 28.8 Å². The molecule has 2 fully saturated rings. The van der Waals surface area contributed by atoms with Gasteiger partial charge in [0.1, 0.15) is 11.8 Å². The third kappa shape index (κ3) is 18.4. The fourth-order valence-electron chi connectivity index (χ4n) is 9.22. The van der Waals surface area contributed by atoms with Gasteiger partial charge in [0.25, 0.3) is 24.2 Å². The molecule has 80 heavy (non-hydrogen) atoms. The Kier molecular flexibility index (Phi) is 25.1. The van der Waals surface area contributed by atoms with Crippen molar-refractivity contribution in [3.8, 4) is 34.5 Å². The molecule has 4 aromatic rings. The molecule has 2 saturated heterocycles. The molecule has 0 radical (unpaired) electrons. The summed E-state index contributed by atoms with van der Waals surface area (Å²) in [4.78, 5) is 86.7. The number of imide groups is 2. The molecule has 0 spiro atoms. The number of likely N-dealkylation sites (tertiary alicyclic amines) is 1. The first kappa shape index (κ1) is 64.7. The number of piperidine rings is 2. The monoisotopic (exact) mass is 1110 g/mol. The van der Waals surface area contributed by atoms with Crippen LogP contribution in [0.25, 0.3) is 0 Å². The van der Waals surface area contributed by atoms with E-state index in [1.54, 1.807) is 53.7 Å². The number of ether oxygens (including phenoxy) is 7. The number of nitrogens with zero attached hydrogens (tertiary/aromatic N) is 2. The maximum Gasteiger partial charge on any atom is 0.290 e. The smallest absolute Gasteiger partial charge is 0.290 e. The Hall–Kier alpha value is -7.87. The standard InChI is InChI=1S/C40H48N4O9.C17H25NO4.C2H6.CH2O2/c1-39(2,43-27-14-15-29-30(21-27)38(49)44(37(29)48)31-16-18-34(45)42-36(31)47)24-53-40(3,4)23-41-35(46)22-52-28-12-8-11-25(19-28)9-7-10-26-13-17-32(50-5)33(20-26)51-6;1-12-7-5-6-8-18(12)16(19)11-13-9-14(20-2)17(22-4)15(10-13)21-3;1-2;2-1-3/h8,11-15,17,19-21,31,43H,7,9-10,16,18,22-24H2,1-6H3,(H,41,46)(H,42,45,47);9-10,12H,5-8,11H2,1-4H3;1-2H3;1H,(H,2,3). The zero-order chi connectivity index (χ0) is 59.2. The lowest BCUT2D eigenvalue weighted by atomic mass is 10.0. The van der Waals surface area contributed by atoms with Crippen LogP contribution in [-0.2, 0) is 48.0 Å². The average Bonchev–Trinajstić information content (AvgIpc) is 3.79. The molecule has 2 atom stereocenters. The highest BCUT2D eigenvalue weighted by atomic mass is 16.5. The Balaban J connectivity index is 0.000000423. The minimum Gasteiger partial charge on any atom is -0.493 e. The summed E-state index contributed by atoms with van der Waals surface area (Å²) in [6, 6.07) is 21.5. The number of carbonyl (C=O) groups is 7. The number of hydrogen-bond donors (Lipinski definition) is 4. The Morgan fingerprint density at radius 3 is 1.99 bits per heavy atom. The second-order valence-electron chi connectivity index (χ2n) is 20.3. The molecule has 6 amide bonds. The molecule has 0 saturated carbocycles. The number of nitrogens with one attached hydrogen (secondary N) is 3. The maximum absolute atomic E-state index is 13.2. The van der Waals surface area contributed by atoms with Crippen LogP contribution in [0.2, 0.25) is 0 Å². The maximum atomic E-state index is 13.2. The minimum absolute atomic E-state index is 0.0536. The number of anilines is 1. The van der Waals surface area contributed by atoms with Gasteiger partial charge in [-0.2, -0.15) is 0 Å². The number of carbonyl (C=O) groups excluding carboxylic acids is 6. The molecule has 3 aliphatic heterocycles. The highest BCUT2D eigenvalue weighted by Gasteiger charge is 2.45. The van der Waals surface area contributed by atoms with Crippen molar-refractivity contribution < 1.29 is 71.8 Å². The molecule has 4 N–H and O–H groups in total. The molecular formula is C60H81N5O15. The normalized spacial score (nSPS) is 15.7. The average molecular weight is 1110 g/mol. The quantitative estimate of drug-likeness (QED) is 0.0432. The van der Waals surface area contributed by atoms with Crippen LogP contribution in [0, 0.1) is 0 Å². The van der Waals surface area contributed by atoms with Gasteiger partial charge >= 0.3 is 0 Å². The van der Waals surface area contributed by atoms with Crippen LogP contribution in [0.1, 0.15) is 124 Å². The zero-order valence-corrected chi connectivity index (χ0v) is 48.4. The van der Waals surface area contributed by atoms with Gasteiger partial charge < -0.3 is 53.8 Å². The van der Waals surface area contributed by atoms with Crippen LogP contribution in [-0.4, -0.2) is 142 Å². The third-order valence-corrected chi connectivity index (χ3v) is 13.3. The van der Waals surface area contributed by atoms with Crippen molar-refractivity contribution in [2.24, 2.45) is 0 Å². The second kappa shape index (κ2) is 31.1. The summed E-state index contributed by atoms with van der Waals surface area (Å²) < 4.78 is 38.7. The van der Waals surface area contributed by atoms with Crippen molar-refractivity contribution in [3.05, 3.63) is 101 Å². The number of rotatable bonds is 22. The van der Waals surface area contributed by atoms with Gasteiger partial charge in [-0.05, 0) is 151 Å². The van der Waals surface area contributed by atoms with E-state index >= 15 is 0 Å². The van der Waals surface area contributed by atoms with Gasteiger partial charge in [0.2, 0.25) is 23.5 Å². The molecule has 0 aliphatic carbocycles. The number of methoxy groups -OCH3 is 5. The lowest BCUT2D eigenvalue weighted by Gasteiger charge is -2.33. The summed E-state index contributed by atoms with van der Waals surface area (Å²) in [6.07, 6.45) is 6.53. The summed E-state index contributed by atoms with van der Waals surface area (Å²) in [5.41, 5.74) is 2.80. The van der Waals surface area contributed by atoms with E-state index in [0.717, 1.165) is 60.2 Å². The van der Waals surface area contributed by atoms with Gasteiger partial charge in [0, 0.05) is 31.2 Å². The lowest BCUT2D eigenvalue weighted by Crippen LogP contribution is -2.54. The number of aryl methyl sites for hydroxylation is 2. The van der Waals surface area contributed by atoms with Crippen molar-refractivity contribution in [3.63, 3.8) is 0 Å². The fraction of sp³-hybridized carbons (Fsp3) is 0.483. The number of carboxylic acid groups (broad SMARTS) is 1. The summed E-state index contributed by atoms with van der Waals surface area (Å²) in [5.74, 6) is 1.41. The summed E-state index contributed by atoms with van der Waals surface area (Å²) in [6.45, 7) is 14.7. The number of hydrogen-bond acceptors (Lipinski definition) is 15. The first-order valence-electron chi connectivity index (χ1n) is 26.8. The Bertz CT molecular complexity index is 2740. The highest BCUT2D eigenvalue weighted by Crippen LogP contribution is 2.39. The first-order chi connectivity index (χ1) is 38.2. The highest BCUT2D eigenvalue weighted by molar-refractivity contribution is 6.23. The van der Waals surface area contributed by atoms with Gasteiger partial charge in [0.05, 0.1) is 70.8 Å². The van der Waals surface area contributed by atoms with Gasteiger partial charge in [-0.3, -0.25) is 43.8 Å². The summed E-state index contributed by atoms with van der Waals surface area (Å²) >= 11 is 0. The van der Waals surface area contributed by atoms with Gasteiger partial charge in [-0.15, -0.1) is 0 Å². The molecule has 7 rings (SSSR count). The topological polar surface area (TPSA) is 247 Å². The van der Waals surface area contributed by atoms with E-state index < -0.39 is 40.8 Å². The molecule has 3 aliphatic rings. The van der Waals surface area contributed by atoms with Crippen molar-refractivity contribution in [1.29, 1.82) is 0 Å². The molecule has 0 bridgehead atoms. The minimum atomic E-state index is -1.03. The molecule has 20 nitrogen and oxygen atoms in total. The van der Waals surface area contributed by atoms with Crippen molar-refractivity contribution in [2.75, 3.05) is 67.2 Å². The number of benzene rings is 4. The van der Waals surface area contributed by atoms with E-state index in [4.69, 9.17) is 43.1 Å². The third-order valence-electron chi connectivity index (χ3n) is 13.3. The van der Waals surface area contributed by atoms with Crippen LogP contribution >= 0.6 is 0 Å². The molecule has 20 heteroatoms. The Morgan fingerprint density at radius 2 is 1.38 bits per heavy atom. The van der Waals surface area contributed by atoms with Crippen molar-refractivity contribution in [1.82, 2.24) is 20.4 Å². The first-order valence-corrected chi connectivity index (χ1v) is 26.8. The van der Waals surface area contributed by atoms with E-state index in [2.05, 4.69) is 22.9 Å². The summed E-state index contributed by atoms with van der Waals surface area (Å²) in [7, 11) is 7.97. The number of amides is 6. The molecule has 0 aromatic heterocycles. The molecule has 2 unspecified atom stereocenters. The van der Waals surface area contributed by atoms with Crippen LogP contribution < -0.4 is 44.4 Å². The van der Waals surface area contributed by atoms with Crippen molar-refractivity contribution in [2.45, 2.75) is 129 Å². The van der Waals surface area contributed by atoms with E-state index in [1.165, 1.54) is 6.42 Å². The SMILES string of the molecule is CC.COc1cc(CC(=O)N2CCCCC2C)cc(OC)c1OC.COc1ccc(CCCc2cccc(OCC(=O)NCC(C)(C)OCC(C)(C)Nc3ccc4c(c3)C(=O)N(C3CCC(=O)NC3=O)C4=O)c2)cc1OC.O=CO. The van der Waals surface area contributed by atoms with Crippen LogP contribution in [0.4, 0.5) is 5.69 Å². The second-order valence-corrected chi connectivity index (χ2v) is 20.3. The fourth-order valence-corrected chi connectivity index (χ4v) is 9.22. The van der Waals surface area contributed by atoms with Crippen LogP contribution in [0.3, 0.4) is 0 Å².